The maximum absolute atomic E-state index is 4.52. The standard InChI is InChI=1S/C12H21NS/c1-6-7-9(2)11-13-8-10(14-11)12(3,4)5/h8-9H,6-7H2,1-5H3. The van der Waals surface area contributed by atoms with Gasteiger partial charge in [0.1, 0.15) is 0 Å². The van der Waals surface area contributed by atoms with Crippen LogP contribution in [0.4, 0.5) is 0 Å². The van der Waals surface area contributed by atoms with Crippen molar-refractivity contribution in [2.75, 3.05) is 0 Å². The molecule has 1 heterocycles. The fraction of sp³-hybridized carbons (Fsp3) is 0.750. The summed E-state index contributed by atoms with van der Waals surface area (Å²) in [6, 6.07) is 0. The van der Waals surface area contributed by atoms with Crippen LogP contribution >= 0.6 is 11.3 Å². The molecular formula is C12H21NS. The molecule has 1 aromatic heterocycles. The maximum Gasteiger partial charge on any atom is 0.0956 e. The largest absolute Gasteiger partial charge is 0.249 e. The Bertz CT molecular complexity index is 283. The summed E-state index contributed by atoms with van der Waals surface area (Å²) in [4.78, 5) is 5.92. The van der Waals surface area contributed by atoms with E-state index < -0.39 is 0 Å². The normalized spacial score (nSPS) is 14.4. The minimum Gasteiger partial charge on any atom is -0.249 e. The van der Waals surface area contributed by atoms with Crippen molar-refractivity contribution >= 4 is 11.3 Å². The molecule has 1 nitrogen and oxygen atoms in total. The van der Waals surface area contributed by atoms with Gasteiger partial charge in [-0.05, 0) is 11.8 Å². The second-order valence-electron chi connectivity index (χ2n) is 5.00. The summed E-state index contributed by atoms with van der Waals surface area (Å²) in [6.45, 7) is 11.2. The van der Waals surface area contributed by atoms with Gasteiger partial charge < -0.3 is 0 Å². The Morgan fingerprint density at radius 2 is 2.07 bits per heavy atom. The number of aromatic nitrogens is 1. The van der Waals surface area contributed by atoms with Gasteiger partial charge in [-0.1, -0.05) is 41.0 Å². The van der Waals surface area contributed by atoms with Gasteiger partial charge in [-0.15, -0.1) is 11.3 Å². The topological polar surface area (TPSA) is 12.9 Å². The average molecular weight is 211 g/mol. The van der Waals surface area contributed by atoms with Crippen LogP contribution in [0.15, 0.2) is 6.20 Å². The van der Waals surface area contributed by atoms with Crippen molar-refractivity contribution in [2.24, 2.45) is 0 Å². The lowest BCUT2D eigenvalue weighted by Gasteiger charge is -2.14. The van der Waals surface area contributed by atoms with Crippen LogP contribution in [0.25, 0.3) is 0 Å². The lowest BCUT2D eigenvalue weighted by molar-refractivity contribution is 0.602. The lowest BCUT2D eigenvalue weighted by atomic mass is 9.96. The average Bonchev–Trinajstić information content (AvgIpc) is 2.51. The molecule has 80 valence electrons. The number of thiazole rings is 1. The summed E-state index contributed by atoms with van der Waals surface area (Å²) in [7, 11) is 0. The number of rotatable bonds is 3. The van der Waals surface area contributed by atoms with Gasteiger partial charge in [0.25, 0.3) is 0 Å². The quantitative estimate of drug-likeness (QED) is 0.724. The Balaban J connectivity index is 2.78. The van der Waals surface area contributed by atoms with Gasteiger partial charge in [0.05, 0.1) is 5.01 Å². The summed E-state index contributed by atoms with van der Waals surface area (Å²) in [5.41, 5.74) is 0.252. The first kappa shape index (κ1) is 11.7. The van der Waals surface area contributed by atoms with E-state index in [1.54, 1.807) is 0 Å². The first-order valence-corrected chi connectivity index (χ1v) is 6.23. The highest BCUT2D eigenvalue weighted by molar-refractivity contribution is 7.11. The van der Waals surface area contributed by atoms with Gasteiger partial charge in [-0.2, -0.15) is 0 Å². The summed E-state index contributed by atoms with van der Waals surface area (Å²) >= 11 is 1.88. The van der Waals surface area contributed by atoms with Gasteiger partial charge in [-0.25, -0.2) is 4.98 Å². The fourth-order valence-corrected chi connectivity index (χ4v) is 2.48. The van der Waals surface area contributed by atoms with E-state index in [1.165, 1.54) is 22.7 Å². The second kappa shape index (κ2) is 4.43. The smallest absolute Gasteiger partial charge is 0.0956 e. The molecule has 0 aliphatic rings. The number of nitrogens with zero attached hydrogens (tertiary/aromatic N) is 1. The molecule has 1 atom stereocenters. The van der Waals surface area contributed by atoms with Crippen LogP contribution in [0.3, 0.4) is 0 Å². The van der Waals surface area contributed by atoms with Crippen molar-refractivity contribution < 1.29 is 0 Å². The van der Waals surface area contributed by atoms with Crippen LogP contribution in [-0.4, -0.2) is 4.98 Å². The molecule has 0 fully saturated rings. The summed E-state index contributed by atoms with van der Waals surface area (Å²) in [5, 5.41) is 1.30. The highest BCUT2D eigenvalue weighted by Crippen LogP contribution is 2.32. The van der Waals surface area contributed by atoms with E-state index >= 15 is 0 Å². The minimum atomic E-state index is 0.252. The van der Waals surface area contributed by atoms with Gasteiger partial charge in [0, 0.05) is 17.0 Å². The highest BCUT2D eigenvalue weighted by atomic mass is 32.1. The molecule has 0 bridgehead atoms. The monoisotopic (exact) mass is 211 g/mol. The Hall–Kier alpha value is -0.370. The van der Waals surface area contributed by atoms with Crippen LogP contribution in [0.5, 0.6) is 0 Å². The third-order valence-electron chi connectivity index (χ3n) is 2.41. The van der Waals surface area contributed by atoms with E-state index in [4.69, 9.17) is 0 Å². The number of hydrogen-bond donors (Lipinski definition) is 0. The molecule has 14 heavy (non-hydrogen) atoms. The molecule has 0 spiro atoms. The van der Waals surface area contributed by atoms with E-state index in [1.807, 2.05) is 17.5 Å². The fourth-order valence-electron chi connectivity index (χ4n) is 1.42. The van der Waals surface area contributed by atoms with Gasteiger partial charge >= 0.3 is 0 Å². The summed E-state index contributed by atoms with van der Waals surface area (Å²) < 4.78 is 0. The zero-order chi connectivity index (χ0) is 10.8. The molecule has 0 saturated carbocycles. The van der Waals surface area contributed by atoms with Crippen molar-refractivity contribution in [3.05, 3.63) is 16.1 Å². The molecule has 0 aromatic carbocycles. The summed E-state index contributed by atoms with van der Waals surface area (Å²) in [5.74, 6) is 0.626. The highest BCUT2D eigenvalue weighted by Gasteiger charge is 2.18. The predicted octanol–water partition coefficient (Wildman–Crippen LogP) is 4.34. The molecule has 1 rings (SSSR count). The maximum atomic E-state index is 4.52. The zero-order valence-electron chi connectivity index (χ0n) is 9.92. The molecule has 0 amide bonds. The predicted molar refractivity (Wildman–Crippen MR) is 64.1 cm³/mol. The molecule has 0 aliphatic heterocycles. The van der Waals surface area contributed by atoms with E-state index in [2.05, 4.69) is 39.6 Å². The minimum absolute atomic E-state index is 0.252. The van der Waals surface area contributed by atoms with Gasteiger partial charge in [0.15, 0.2) is 0 Å². The molecule has 2 heteroatoms. The molecular weight excluding hydrogens is 190 g/mol. The lowest BCUT2D eigenvalue weighted by Crippen LogP contribution is -2.07. The SMILES string of the molecule is CCCC(C)c1ncc(C(C)(C)C)s1. The molecule has 1 unspecified atom stereocenters. The van der Waals surface area contributed by atoms with Crippen molar-refractivity contribution in [1.29, 1.82) is 0 Å². The molecule has 0 saturated heterocycles. The zero-order valence-corrected chi connectivity index (χ0v) is 10.7. The van der Waals surface area contributed by atoms with Crippen LogP contribution in [0, 0.1) is 0 Å². The van der Waals surface area contributed by atoms with Gasteiger partial charge in [0.2, 0.25) is 0 Å². The molecule has 1 aromatic rings. The van der Waals surface area contributed by atoms with Crippen molar-refractivity contribution in [1.82, 2.24) is 4.98 Å². The third kappa shape index (κ3) is 2.81. The second-order valence-corrected chi connectivity index (χ2v) is 6.06. The Morgan fingerprint density at radius 1 is 1.43 bits per heavy atom. The van der Waals surface area contributed by atoms with E-state index in [-0.39, 0.29) is 5.41 Å². The Labute approximate surface area is 91.6 Å². The third-order valence-corrected chi connectivity index (χ3v) is 4.06. The van der Waals surface area contributed by atoms with Crippen molar-refractivity contribution in [2.45, 2.75) is 58.8 Å². The van der Waals surface area contributed by atoms with Crippen molar-refractivity contribution in [3.63, 3.8) is 0 Å². The van der Waals surface area contributed by atoms with Crippen LogP contribution < -0.4 is 0 Å². The summed E-state index contributed by atoms with van der Waals surface area (Å²) in [6.07, 6.45) is 4.54. The first-order valence-electron chi connectivity index (χ1n) is 5.41. The Morgan fingerprint density at radius 3 is 2.50 bits per heavy atom. The van der Waals surface area contributed by atoms with Crippen LogP contribution in [0.2, 0.25) is 0 Å². The van der Waals surface area contributed by atoms with E-state index in [9.17, 15) is 0 Å². The van der Waals surface area contributed by atoms with E-state index in [0.717, 1.165) is 0 Å². The van der Waals surface area contributed by atoms with Crippen LogP contribution in [0.1, 0.15) is 63.3 Å². The van der Waals surface area contributed by atoms with Gasteiger partial charge in [-0.3, -0.25) is 0 Å². The Kier molecular flexibility index (Phi) is 3.71. The number of hydrogen-bond acceptors (Lipinski definition) is 2. The first-order chi connectivity index (χ1) is 6.45. The van der Waals surface area contributed by atoms with Crippen LogP contribution in [-0.2, 0) is 5.41 Å². The van der Waals surface area contributed by atoms with Crippen molar-refractivity contribution in [3.8, 4) is 0 Å². The van der Waals surface area contributed by atoms with E-state index in [0.29, 0.717) is 5.92 Å². The molecule has 0 radical (unpaired) electrons. The molecule has 0 aliphatic carbocycles. The molecule has 0 N–H and O–H groups in total.